The maximum absolute atomic E-state index is 13.8. The summed E-state index contributed by atoms with van der Waals surface area (Å²) in [7, 11) is 2.74. The zero-order valence-electron chi connectivity index (χ0n) is 26.3. The van der Waals surface area contributed by atoms with Crippen molar-refractivity contribution in [3.8, 4) is 22.3 Å². The van der Waals surface area contributed by atoms with Crippen molar-refractivity contribution in [3.63, 3.8) is 0 Å². The molecule has 1 aliphatic rings. The molecule has 0 unspecified atom stereocenters. The average Bonchev–Trinajstić information content (AvgIpc) is 3.04. The molecule has 5 aromatic rings. The molecular formula is C40H38O4. The molecule has 6 rings (SSSR count). The second-order valence-electron chi connectivity index (χ2n) is 12.2. The molecule has 0 atom stereocenters. The van der Waals surface area contributed by atoms with Crippen LogP contribution in [0.15, 0.2) is 84.9 Å². The molecule has 44 heavy (non-hydrogen) atoms. The Balaban J connectivity index is 1.84. The van der Waals surface area contributed by atoms with Gasteiger partial charge in [-0.25, -0.2) is 9.59 Å². The molecule has 222 valence electrons. The lowest BCUT2D eigenvalue weighted by molar-refractivity contribution is 0.0556. The highest BCUT2D eigenvalue weighted by Gasteiger charge is 2.37. The molecule has 5 aromatic carbocycles. The Hall–Kier alpha value is -4.70. The van der Waals surface area contributed by atoms with Gasteiger partial charge in [0.2, 0.25) is 0 Å². The molecule has 0 saturated carbocycles. The van der Waals surface area contributed by atoms with E-state index in [4.69, 9.17) is 9.47 Å². The number of hydrogen-bond donors (Lipinski definition) is 0. The van der Waals surface area contributed by atoms with E-state index in [0.29, 0.717) is 24.7 Å². The third-order valence-corrected chi connectivity index (χ3v) is 9.01. The summed E-state index contributed by atoms with van der Waals surface area (Å²) in [5.74, 6) is -0.528. The van der Waals surface area contributed by atoms with E-state index in [9.17, 15) is 9.59 Å². The SMILES string of the molecule is COC(=O)c1c(C(=O)OC)c(-c2ccccc2)c2c(c1-c1ccccc1)Cc1c(c(C(C)C)c3ccccc3c1C(C)C)C2. The summed E-state index contributed by atoms with van der Waals surface area (Å²) in [6.45, 7) is 9.06. The Kier molecular flexibility index (Phi) is 7.85. The number of rotatable bonds is 6. The van der Waals surface area contributed by atoms with Crippen molar-refractivity contribution in [3.05, 3.63) is 129 Å². The minimum absolute atomic E-state index is 0.252. The van der Waals surface area contributed by atoms with Gasteiger partial charge in [-0.1, -0.05) is 113 Å². The van der Waals surface area contributed by atoms with Gasteiger partial charge in [0.1, 0.15) is 0 Å². The second kappa shape index (κ2) is 11.8. The number of ether oxygens (including phenoxy) is 2. The van der Waals surface area contributed by atoms with Crippen LogP contribution in [0.3, 0.4) is 0 Å². The van der Waals surface area contributed by atoms with Crippen LogP contribution in [0.2, 0.25) is 0 Å². The van der Waals surface area contributed by atoms with Crippen molar-refractivity contribution in [2.24, 2.45) is 0 Å². The summed E-state index contributed by atoms with van der Waals surface area (Å²) in [6.07, 6.45) is 1.27. The Morgan fingerprint density at radius 1 is 0.523 bits per heavy atom. The molecule has 0 amide bonds. The summed E-state index contributed by atoms with van der Waals surface area (Å²) in [5.41, 5.74) is 11.2. The van der Waals surface area contributed by atoms with Gasteiger partial charge in [0, 0.05) is 11.1 Å². The zero-order valence-corrected chi connectivity index (χ0v) is 26.3. The van der Waals surface area contributed by atoms with Crippen molar-refractivity contribution < 1.29 is 19.1 Å². The van der Waals surface area contributed by atoms with Crippen LogP contribution >= 0.6 is 0 Å². The summed E-state index contributed by atoms with van der Waals surface area (Å²) >= 11 is 0. The number of fused-ring (bicyclic) bond motifs is 3. The Morgan fingerprint density at radius 3 is 1.18 bits per heavy atom. The fourth-order valence-corrected chi connectivity index (χ4v) is 7.38. The summed E-state index contributed by atoms with van der Waals surface area (Å²) in [4.78, 5) is 27.7. The van der Waals surface area contributed by atoms with Crippen LogP contribution < -0.4 is 0 Å². The molecule has 0 saturated heterocycles. The molecule has 4 heteroatoms. The highest BCUT2D eigenvalue weighted by atomic mass is 16.5. The number of hydrogen-bond acceptors (Lipinski definition) is 4. The number of esters is 2. The van der Waals surface area contributed by atoms with Crippen molar-refractivity contribution in [1.29, 1.82) is 0 Å². The molecule has 0 radical (unpaired) electrons. The van der Waals surface area contributed by atoms with E-state index in [-0.39, 0.29) is 11.1 Å². The first kappa shape index (κ1) is 29.4. The van der Waals surface area contributed by atoms with Crippen LogP contribution in [-0.4, -0.2) is 26.2 Å². The lowest BCUT2D eigenvalue weighted by Crippen LogP contribution is -2.23. The van der Waals surface area contributed by atoms with E-state index in [2.05, 4.69) is 52.0 Å². The van der Waals surface area contributed by atoms with Gasteiger partial charge in [0.25, 0.3) is 0 Å². The van der Waals surface area contributed by atoms with Crippen LogP contribution in [0.25, 0.3) is 33.0 Å². The van der Waals surface area contributed by atoms with Gasteiger partial charge in [0.05, 0.1) is 25.3 Å². The van der Waals surface area contributed by atoms with Crippen LogP contribution in [0.1, 0.15) is 93.6 Å². The zero-order chi connectivity index (χ0) is 31.1. The van der Waals surface area contributed by atoms with E-state index < -0.39 is 11.9 Å². The largest absolute Gasteiger partial charge is 0.465 e. The van der Waals surface area contributed by atoms with Gasteiger partial charge < -0.3 is 9.47 Å². The van der Waals surface area contributed by atoms with E-state index in [0.717, 1.165) is 33.4 Å². The number of benzene rings is 5. The molecule has 0 aliphatic heterocycles. The van der Waals surface area contributed by atoms with Crippen molar-refractivity contribution in [2.45, 2.75) is 52.4 Å². The topological polar surface area (TPSA) is 52.6 Å². The predicted octanol–water partition coefficient (Wildman–Crippen LogP) is 9.49. The summed E-state index contributed by atoms with van der Waals surface area (Å²) < 4.78 is 10.8. The van der Waals surface area contributed by atoms with Crippen LogP contribution in [0, 0.1) is 0 Å². The van der Waals surface area contributed by atoms with Gasteiger partial charge in [-0.15, -0.1) is 0 Å². The van der Waals surface area contributed by atoms with E-state index in [1.54, 1.807) is 0 Å². The fourth-order valence-electron chi connectivity index (χ4n) is 7.38. The third-order valence-electron chi connectivity index (χ3n) is 9.01. The van der Waals surface area contributed by atoms with Gasteiger partial charge in [-0.2, -0.15) is 0 Å². The Morgan fingerprint density at radius 2 is 0.864 bits per heavy atom. The Labute approximate surface area is 259 Å². The normalized spacial score (nSPS) is 12.3. The van der Waals surface area contributed by atoms with Crippen LogP contribution in [0.5, 0.6) is 0 Å². The fraction of sp³-hybridized carbons (Fsp3) is 0.250. The van der Waals surface area contributed by atoms with Crippen LogP contribution in [-0.2, 0) is 22.3 Å². The Bertz CT molecular complexity index is 1760. The molecule has 0 aromatic heterocycles. The summed E-state index contributed by atoms with van der Waals surface area (Å²) in [5, 5.41) is 2.58. The quantitative estimate of drug-likeness (QED) is 0.184. The maximum atomic E-state index is 13.8. The summed E-state index contributed by atoms with van der Waals surface area (Å²) in [6, 6.07) is 28.5. The van der Waals surface area contributed by atoms with Gasteiger partial charge in [-0.05, 0) is 80.0 Å². The van der Waals surface area contributed by atoms with Crippen molar-refractivity contribution in [2.75, 3.05) is 14.2 Å². The first-order chi connectivity index (χ1) is 21.3. The second-order valence-corrected chi connectivity index (χ2v) is 12.2. The first-order valence-electron chi connectivity index (χ1n) is 15.3. The minimum Gasteiger partial charge on any atom is -0.465 e. The molecule has 0 fully saturated rings. The smallest absolute Gasteiger partial charge is 0.339 e. The minimum atomic E-state index is -0.555. The maximum Gasteiger partial charge on any atom is 0.339 e. The molecular weight excluding hydrogens is 544 g/mol. The van der Waals surface area contributed by atoms with E-state index in [1.165, 1.54) is 47.2 Å². The molecule has 0 heterocycles. The molecule has 0 spiro atoms. The first-order valence-corrected chi connectivity index (χ1v) is 15.3. The van der Waals surface area contributed by atoms with E-state index >= 15 is 0 Å². The van der Waals surface area contributed by atoms with E-state index in [1.807, 2.05) is 60.7 Å². The van der Waals surface area contributed by atoms with Crippen molar-refractivity contribution in [1.82, 2.24) is 0 Å². The lowest BCUT2D eigenvalue weighted by Gasteiger charge is -2.34. The molecule has 1 aliphatic carbocycles. The van der Waals surface area contributed by atoms with Crippen molar-refractivity contribution >= 4 is 22.7 Å². The highest BCUT2D eigenvalue weighted by Crippen LogP contribution is 2.49. The standard InChI is InChI=1S/C40H38O4/c1-23(2)33-27-19-13-14-20-28(27)34(24(3)4)30-22-32-31(21-29(30)33)35(25-15-9-7-10-16-25)37(39(41)43-5)38(40(42)44-6)36(32)26-17-11-8-12-18-26/h7-20,23-24H,21-22H2,1-6H3. The predicted molar refractivity (Wildman–Crippen MR) is 178 cm³/mol. The molecule has 4 nitrogen and oxygen atoms in total. The van der Waals surface area contributed by atoms with Gasteiger partial charge in [-0.3, -0.25) is 0 Å². The van der Waals surface area contributed by atoms with Gasteiger partial charge >= 0.3 is 11.9 Å². The number of carbonyl (C=O) groups excluding carboxylic acids is 2. The molecule has 0 N–H and O–H groups in total. The number of methoxy groups -OCH3 is 2. The lowest BCUT2D eigenvalue weighted by atomic mass is 9.70. The van der Waals surface area contributed by atoms with Gasteiger partial charge in [0.15, 0.2) is 0 Å². The average molecular weight is 583 g/mol. The monoisotopic (exact) mass is 582 g/mol. The third kappa shape index (κ3) is 4.70. The molecule has 0 bridgehead atoms. The van der Waals surface area contributed by atoms with Crippen LogP contribution in [0.4, 0.5) is 0 Å². The highest BCUT2D eigenvalue weighted by molar-refractivity contribution is 6.13. The number of carbonyl (C=O) groups is 2.